The molecule has 0 aromatic heterocycles. The number of ether oxygens (including phenoxy) is 6. The normalized spacial score (nSPS) is 15.9. The molecule has 1 atom stereocenters. The lowest BCUT2D eigenvalue weighted by atomic mass is 10.0. The second-order valence-corrected chi connectivity index (χ2v) is 8.10. The van der Waals surface area contributed by atoms with Gasteiger partial charge in [-0.1, -0.05) is 30.3 Å². The highest BCUT2D eigenvalue weighted by molar-refractivity contribution is 6.09. The monoisotopic (exact) mass is 486 g/mol. The van der Waals surface area contributed by atoms with Crippen LogP contribution in [0.3, 0.4) is 0 Å². The Morgan fingerprint density at radius 3 is 2.54 bits per heavy atom. The van der Waals surface area contributed by atoms with Gasteiger partial charge < -0.3 is 33.5 Å². The summed E-state index contributed by atoms with van der Waals surface area (Å²) in [6.45, 7) is 1.32. The van der Waals surface area contributed by atoms with Crippen molar-refractivity contribution in [3.63, 3.8) is 0 Å². The van der Waals surface area contributed by atoms with Gasteiger partial charge >= 0.3 is 0 Å². The number of phenols is 1. The van der Waals surface area contributed by atoms with Crippen molar-refractivity contribution in [3.05, 3.63) is 59.2 Å². The van der Waals surface area contributed by atoms with E-state index < -0.39 is 0 Å². The number of hydrogen-bond donors (Lipinski definition) is 1. The van der Waals surface area contributed by atoms with Gasteiger partial charge in [0.25, 0.3) is 0 Å². The van der Waals surface area contributed by atoms with Crippen molar-refractivity contribution in [3.8, 4) is 17.2 Å². The molecule has 1 N–H and O–H groups in total. The zero-order chi connectivity index (χ0) is 24.9. The predicted octanol–water partition coefficient (Wildman–Crippen LogP) is 4.73. The molecule has 8 heteroatoms. The predicted molar refractivity (Wildman–Crippen MR) is 131 cm³/mol. The quantitative estimate of drug-likeness (QED) is 0.177. The van der Waals surface area contributed by atoms with E-state index in [9.17, 15) is 9.90 Å². The highest BCUT2D eigenvalue weighted by Gasteiger charge is 2.19. The third-order valence-electron chi connectivity index (χ3n) is 5.47. The average molecular weight is 487 g/mol. The zero-order valence-corrected chi connectivity index (χ0v) is 20.4. The van der Waals surface area contributed by atoms with Gasteiger partial charge in [0.1, 0.15) is 0 Å². The Labute approximate surface area is 206 Å². The van der Waals surface area contributed by atoms with Gasteiger partial charge in [-0.05, 0) is 61.4 Å². The Morgan fingerprint density at radius 2 is 1.83 bits per heavy atom. The number of ketones is 1. The number of aromatic hydroxyl groups is 1. The minimum absolute atomic E-state index is 0.0199. The summed E-state index contributed by atoms with van der Waals surface area (Å²) >= 11 is 0. The Kier molecular flexibility index (Phi) is 11.0. The summed E-state index contributed by atoms with van der Waals surface area (Å²) in [5.41, 5.74) is 2.17. The van der Waals surface area contributed by atoms with Crippen LogP contribution in [0.1, 0.15) is 47.2 Å². The SMILES string of the molecule is COCOc1ccc(C(=O)/C=C/c2ccc(CCCOC3CCCCO3)cc2)c(O)c1OCOC. The lowest BCUT2D eigenvalue weighted by Gasteiger charge is -2.22. The van der Waals surface area contributed by atoms with Crippen LogP contribution in [0.15, 0.2) is 42.5 Å². The molecule has 1 saturated heterocycles. The first kappa shape index (κ1) is 26.7. The summed E-state index contributed by atoms with van der Waals surface area (Å²) in [4.78, 5) is 12.7. The molecule has 0 saturated carbocycles. The number of phenolic OH excluding ortho intramolecular Hbond substituents is 1. The number of aryl methyl sites for hydroxylation is 1. The second kappa shape index (κ2) is 14.5. The van der Waals surface area contributed by atoms with Crippen LogP contribution in [0.2, 0.25) is 0 Å². The number of rotatable bonds is 14. The van der Waals surface area contributed by atoms with Gasteiger partial charge in [0.15, 0.2) is 37.2 Å². The number of benzene rings is 2. The van der Waals surface area contributed by atoms with Crippen LogP contribution in [0.5, 0.6) is 17.2 Å². The maximum Gasteiger partial charge on any atom is 0.206 e. The fourth-order valence-electron chi connectivity index (χ4n) is 3.64. The summed E-state index contributed by atoms with van der Waals surface area (Å²) < 4.78 is 32.0. The molecule has 0 radical (unpaired) electrons. The first-order valence-corrected chi connectivity index (χ1v) is 11.8. The molecular weight excluding hydrogens is 452 g/mol. The summed E-state index contributed by atoms with van der Waals surface area (Å²) in [5.74, 6) is -0.420. The van der Waals surface area contributed by atoms with Crippen LogP contribution in [0.25, 0.3) is 6.08 Å². The lowest BCUT2D eigenvalue weighted by Crippen LogP contribution is -2.22. The molecule has 1 aliphatic heterocycles. The summed E-state index contributed by atoms with van der Waals surface area (Å²) in [6.07, 6.45) is 8.16. The Balaban J connectivity index is 1.55. The van der Waals surface area contributed by atoms with Crippen molar-refractivity contribution < 1.29 is 38.3 Å². The lowest BCUT2D eigenvalue weighted by molar-refractivity contribution is -0.162. The molecule has 190 valence electrons. The zero-order valence-electron chi connectivity index (χ0n) is 20.4. The molecule has 0 bridgehead atoms. The van der Waals surface area contributed by atoms with Crippen molar-refractivity contribution in [2.24, 2.45) is 0 Å². The third kappa shape index (κ3) is 8.36. The summed E-state index contributed by atoms with van der Waals surface area (Å²) in [6, 6.07) is 11.0. The van der Waals surface area contributed by atoms with Crippen molar-refractivity contribution in [2.75, 3.05) is 41.0 Å². The smallest absolute Gasteiger partial charge is 0.206 e. The van der Waals surface area contributed by atoms with E-state index in [1.54, 1.807) is 12.1 Å². The highest BCUT2D eigenvalue weighted by atomic mass is 16.7. The summed E-state index contributed by atoms with van der Waals surface area (Å²) in [5, 5.41) is 10.6. The molecule has 35 heavy (non-hydrogen) atoms. The summed E-state index contributed by atoms with van der Waals surface area (Å²) in [7, 11) is 2.93. The highest BCUT2D eigenvalue weighted by Crippen LogP contribution is 2.39. The van der Waals surface area contributed by atoms with Crippen molar-refractivity contribution in [1.82, 2.24) is 0 Å². The number of hydrogen-bond acceptors (Lipinski definition) is 8. The van der Waals surface area contributed by atoms with Crippen LogP contribution < -0.4 is 9.47 Å². The number of methoxy groups -OCH3 is 2. The van der Waals surface area contributed by atoms with E-state index in [1.165, 1.54) is 38.3 Å². The number of carbonyl (C=O) groups excluding carboxylic acids is 1. The molecule has 1 aliphatic rings. The van der Waals surface area contributed by atoms with E-state index in [2.05, 4.69) is 0 Å². The molecule has 1 heterocycles. The van der Waals surface area contributed by atoms with Crippen LogP contribution in [0, 0.1) is 0 Å². The van der Waals surface area contributed by atoms with Gasteiger partial charge in [0.2, 0.25) is 5.75 Å². The maximum atomic E-state index is 12.7. The van der Waals surface area contributed by atoms with Gasteiger partial charge in [-0.15, -0.1) is 0 Å². The van der Waals surface area contributed by atoms with Gasteiger partial charge in [0.05, 0.1) is 12.2 Å². The standard InChI is InChI=1S/C27H34O8/c1-30-18-34-24-15-13-22(26(29)27(24)35-19-31-2)23(28)14-12-21-10-8-20(9-11-21)6-5-17-33-25-7-3-4-16-32-25/h8-15,25,29H,3-7,16-19H2,1-2H3/b14-12+. The first-order chi connectivity index (χ1) is 17.1. The molecule has 1 unspecified atom stereocenters. The molecule has 0 aliphatic carbocycles. The van der Waals surface area contributed by atoms with Gasteiger partial charge in [-0.2, -0.15) is 0 Å². The maximum absolute atomic E-state index is 12.7. The Morgan fingerprint density at radius 1 is 1.06 bits per heavy atom. The van der Waals surface area contributed by atoms with E-state index in [1.807, 2.05) is 24.3 Å². The molecule has 1 fully saturated rings. The number of carbonyl (C=O) groups is 1. The molecule has 3 rings (SSSR count). The Hall–Kier alpha value is -2.91. The molecule has 2 aromatic carbocycles. The van der Waals surface area contributed by atoms with Gasteiger partial charge in [-0.3, -0.25) is 4.79 Å². The van der Waals surface area contributed by atoms with E-state index in [0.29, 0.717) is 6.61 Å². The van der Waals surface area contributed by atoms with Crippen molar-refractivity contribution in [1.29, 1.82) is 0 Å². The van der Waals surface area contributed by atoms with Crippen LogP contribution in [-0.2, 0) is 25.4 Å². The molecule has 0 spiro atoms. The van der Waals surface area contributed by atoms with Gasteiger partial charge in [0, 0.05) is 20.8 Å². The first-order valence-electron chi connectivity index (χ1n) is 11.8. The van der Waals surface area contributed by atoms with Gasteiger partial charge in [-0.25, -0.2) is 0 Å². The fourth-order valence-corrected chi connectivity index (χ4v) is 3.64. The van der Waals surface area contributed by atoms with Crippen molar-refractivity contribution >= 4 is 11.9 Å². The van der Waals surface area contributed by atoms with E-state index in [0.717, 1.165) is 37.9 Å². The molecule has 2 aromatic rings. The van der Waals surface area contributed by atoms with Crippen LogP contribution in [0.4, 0.5) is 0 Å². The minimum atomic E-state index is -0.366. The minimum Gasteiger partial charge on any atom is -0.504 e. The largest absolute Gasteiger partial charge is 0.504 e. The molecular formula is C27H34O8. The number of allylic oxidation sites excluding steroid dienone is 1. The fraction of sp³-hybridized carbons (Fsp3) is 0.444. The second-order valence-electron chi connectivity index (χ2n) is 8.10. The van der Waals surface area contributed by atoms with E-state index in [4.69, 9.17) is 28.4 Å². The Bertz CT molecular complexity index is 948. The topological polar surface area (TPSA) is 92.7 Å². The third-order valence-corrected chi connectivity index (χ3v) is 5.47. The van der Waals surface area contributed by atoms with E-state index >= 15 is 0 Å². The average Bonchev–Trinajstić information content (AvgIpc) is 2.89. The van der Waals surface area contributed by atoms with Crippen LogP contribution >= 0.6 is 0 Å². The van der Waals surface area contributed by atoms with Crippen LogP contribution in [-0.4, -0.2) is 58.2 Å². The van der Waals surface area contributed by atoms with Crippen molar-refractivity contribution in [2.45, 2.75) is 38.4 Å². The molecule has 8 nitrogen and oxygen atoms in total. The molecule has 0 amide bonds. The van der Waals surface area contributed by atoms with E-state index in [-0.39, 0.29) is 48.5 Å².